The molecule has 9 heteroatoms. The van der Waals surface area contributed by atoms with Gasteiger partial charge in [-0.15, -0.1) is 10.2 Å². The molecular weight excluding hydrogens is 267 g/mol. The second-order valence-electron chi connectivity index (χ2n) is 3.45. The van der Waals surface area contributed by atoms with Crippen molar-refractivity contribution in [1.82, 2.24) is 15.2 Å². The molecule has 1 N–H and O–H groups in total. The van der Waals surface area contributed by atoms with Crippen LogP contribution < -0.4 is 4.74 Å². The minimum Gasteiger partial charge on any atom is -0.481 e. The molecule has 0 spiro atoms. The summed E-state index contributed by atoms with van der Waals surface area (Å²) in [5.41, 5.74) is 0.146. The lowest BCUT2D eigenvalue weighted by Gasteiger charge is -2.09. The zero-order chi connectivity index (χ0) is 14.0. The Bertz CT molecular complexity index is 570. The number of halogens is 3. The van der Waals surface area contributed by atoms with Crippen molar-refractivity contribution in [3.05, 3.63) is 24.1 Å². The van der Waals surface area contributed by atoms with E-state index < -0.39 is 18.2 Å². The molecule has 2 aromatic rings. The topological polar surface area (TPSA) is 81.3 Å². The van der Waals surface area contributed by atoms with Gasteiger partial charge in [-0.25, -0.2) is 4.98 Å². The van der Waals surface area contributed by atoms with E-state index in [1.165, 1.54) is 13.2 Å². The number of methoxy groups -OCH3 is 1. The lowest BCUT2D eigenvalue weighted by Crippen LogP contribution is -2.20. The normalized spacial score (nSPS) is 13.3. The van der Waals surface area contributed by atoms with Crippen LogP contribution in [0.25, 0.3) is 11.6 Å². The largest absolute Gasteiger partial charge is 0.481 e. The average Bonchev–Trinajstić information content (AvgIpc) is 2.86. The number of nitrogens with zero attached hydrogens (tertiary/aromatic N) is 3. The van der Waals surface area contributed by atoms with Gasteiger partial charge in [0.15, 0.2) is 0 Å². The van der Waals surface area contributed by atoms with Gasteiger partial charge in [-0.1, -0.05) is 6.07 Å². The van der Waals surface area contributed by atoms with Crippen LogP contribution in [0.2, 0.25) is 0 Å². The molecule has 0 aromatic carbocycles. The van der Waals surface area contributed by atoms with Crippen molar-refractivity contribution in [2.24, 2.45) is 0 Å². The highest BCUT2D eigenvalue weighted by Gasteiger charge is 2.43. The number of alkyl halides is 3. The molecule has 2 rings (SSSR count). The predicted molar refractivity (Wildman–Crippen MR) is 55.1 cm³/mol. The molecule has 0 aliphatic rings. The molecule has 2 aromatic heterocycles. The predicted octanol–water partition coefficient (Wildman–Crippen LogP) is 1.74. The van der Waals surface area contributed by atoms with E-state index >= 15 is 0 Å². The number of ether oxygens (including phenoxy) is 1. The molecule has 19 heavy (non-hydrogen) atoms. The van der Waals surface area contributed by atoms with Gasteiger partial charge in [0.1, 0.15) is 5.69 Å². The summed E-state index contributed by atoms with van der Waals surface area (Å²) < 4.78 is 46.4. The summed E-state index contributed by atoms with van der Waals surface area (Å²) in [5, 5.41) is 15.5. The van der Waals surface area contributed by atoms with E-state index in [-0.39, 0.29) is 17.5 Å². The molecule has 0 saturated heterocycles. The van der Waals surface area contributed by atoms with Crippen molar-refractivity contribution in [3.63, 3.8) is 0 Å². The number of rotatable bonds is 3. The second-order valence-corrected chi connectivity index (χ2v) is 3.45. The van der Waals surface area contributed by atoms with Crippen LogP contribution >= 0.6 is 0 Å². The minimum atomic E-state index is -4.87. The Kier molecular flexibility index (Phi) is 3.38. The van der Waals surface area contributed by atoms with Crippen LogP contribution in [0.5, 0.6) is 5.88 Å². The van der Waals surface area contributed by atoms with Crippen molar-refractivity contribution >= 4 is 0 Å². The first kappa shape index (κ1) is 13.3. The first-order valence-electron chi connectivity index (χ1n) is 5.01. The van der Waals surface area contributed by atoms with Crippen molar-refractivity contribution < 1.29 is 27.4 Å². The molecule has 0 fully saturated rings. The van der Waals surface area contributed by atoms with E-state index in [4.69, 9.17) is 14.3 Å². The van der Waals surface area contributed by atoms with Gasteiger partial charge in [0, 0.05) is 6.07 Å². The maximum absolute atomic E-state index is 12.3. The van der Waals surface area contributed by atoms with E-state index in [0.29, 0.717) is 0 Å². The molecule has 1 unspecified atom stereocenters. The number of hydrogen-bond acceptors (Lipinski definition) is 6. The maximum Gasteiger partial charge on any atom is 0.423 e. The van der Waals surface area contributed by atoms with E-state index in [9.17, 15) is 13.2 Å². The van der Waals surface area contributed by atoms with Crippen LogP contribution in [0.4, 0.5) is 13.2 Å². The summed E-state index contributed by atoms with van der Waals surface area (Å²) in [6.07, 6.45) is -7.69. The van der Waals surface area contributed by atoms with Crippen LogP contribution in [0.15, 0.2) is 22.6 Å². The first-order chi connectivity index (χ1) is 8.91. The number of aromatic nitrogens is 3. The number of aliphatic hydroxyl groups is 1. The second kappa shape index (κ2) is 4.84. The summed E-state index contributed by atoms with van der Waals surface area (Å²) in [5.74, 6) is -0.932. The van der Waals surface area contributed by atoms with Gasteiger partial charge < -0.3 is 14.3 Å². The maximum atomic E-state index is 12.3. The fraction of sp³-hybridized carbons (Fsp3) is 0.300. The van der Waals surface area contributed by atoms with Gasteiger partial charge in [-0.3, -0.25) is 0 Å². The molecule has 0 saturated carbocycles. The highest BCUT2D eigenvalue weighted by atomic mass is 19.4. The van der Waals surface area contributed by atoms with E-state index in [1.807, 2.05) is 0 Å². The standard InChI is InChI=1S/C10H8F3N3O3/c1-18-6-4-2-3-5(14-6)8-15-16-9(19-8)7(17)10(11,12)13/h2-4,7,17H,1H3. The highest BCUT2D eigenvalue weighted by Crippen LogP contribution is 2.32. The van der Waals surface area contributed by atoms with Crippen LogP contribution in [-0.4, -0.2) is 33.6 Å². The Labute approximate surface area is 104 Å². The smallest absolute Gasteiger partial charge is 0.423 e. The molecule has 0 radical (unpaired) electrons. The summed E-state index contributed by atoms with van der Waals surface area (Å²) in [4.78, 5) is 3.91. The SMILES string of the molecule is COc1cccc(-c2nnc(C(O)C(F)(F)F)o2)n1. The minimum absolute atomic E-state index is 0.146. The van der Waals surface area contributed by atoms with Gasteiger partial charge in [0.25, 0.3) is 11.8 Å². The third-order valence-electron chi connectivity index (χ3n) is 2.14. The molecule has 0 bridgehead atoms. The molecule has 2 heterocycles. The first-order valence-corrected chi connectivity index (χ1v) is 5.01. The molecule has 0 amide bonds. The number of hydrogen-bond donors (Lipinski definition) is 1. The zero-order valence-corrected chi connectivity index (χ0v) is 9.55. The lowest BCUT2D eigenvalue weighted by molar-refractivity contribution is -0.213. The average molecular weight is 275 g/mol. The fourth-order valence-corrected chi connectivity index (χ4v) is 1.24. The van der Waals surface area contributed by atoms with Crippen LogP contribution in [0.1, 0.15) is 12.0 Å². The van der Waals surface area contributed by atoms with Crippen molar-refractivity contribution in [1.29, 1.82) is 0 Å². The van der Waals surface area contributed by atoms with Crippen LogP contribution in [-0.2, 0) is 0 Å². The zero-order valence-electron chi connectivity index (χ0n) is 9.55. The van der Waals surface area contributed by atoms with Crippen LogP contribution in [0, 0.1) is 0 Å². The van der Waals surface area contributed by atoms with Gasteiger partial charge >= 0.3 is 6.18 Å². The van der Waals surface area contributed by atoms with E-state index in [1.54, 1.807) is 12.1 Å². The van der Waals surface area contributed by atoms with Crippen molar-refractivity contribution in [3.8, 4) is 17.5 Å². The summed E-state index contributed by atoms with van der Waals surface area (Å²) >= 11 is 0. The molecule has 1 atom stereocenters. The fourth-order valence-electron chi connectivity index (χ4n) is 1.24. The third kappa shape index (κ3) is 2.81. The molecule has 102 valence electrons. The van der Waals surface area contributed by atoms with Crippen molar-refractivity contribution in [2.45, 2.75) is 12.3 Å². The molecule has 0 aliphatic heterocycles. The quantitative estimate of drug-likeness (QED) is 0.918. The molecular formula is C10H8F3N3O3. The highest BCUT2D eigenvalue weighted by molar-refractivity contribution is 5.47. The summed E-state index contributed by atoms with van der Waals surface area (Å²) in [6.45, 7) is 0. The van der Waals surface area contributed by atoms with Crippen LogP contribution in [0.3, 0.4) is 0 Å². The van der Waals surface area contributed by atoms with Crippen molar-refractivity contribution in [2.75, 3.05) is 7.11 Å². The Morgan fingerprint density at radius 1 is 1.32 bits per heavy atom. The molecule has 0 aliphatic carbocycles. The summed E-state index contributed by atoms with van der Waals surface area (Å²) in [7, 11) is 1.39. The lowest BCUT2D eigenvalue weighted by atomic mass is 10.3. The monoisotopic (exact) mass is 275 g/mol. The number of aliphatic hydroxyl groups excluding tert-OH is 1. The molecule has 6 nitrogen and oxygen atoms in total. The Balaban J connectivity index is 2.30. The van der Waals surface area contributed by atoms with Gasteiger partial charge in [-0.2, -0.15) is 13.2 Å². The summed E-state index contributed by atoms with van der Waals surface area (Å²) in [6, 6.07) is 4.57. The van der Waals surface area contributed by atoms with Gasteiger partial charge in [-0.05, 0) is 6.07 Å². The van der Waals surface area contributed by atoms with E-state index in [2.05, 4.69) is 15.2 Å². The van der Waals surface area contributed by atoms with Gasteiger partial charge in [0.05, 0.1) is 7.11 Å². The Hall–Kier alpha value is -2.16. The van der Waals surface area contributed by atoms with Gasteiger partial charge in [0.2, 0.25) is 12.0 Å². The number of pyridine rings is 1. The Morgan fingerprint density at radius 2 is 2.05 bits per heavy atom. The Morgan fingerprint density at radius 3 is 2.68 bits per heavy atom. The third-order valence-corrected chi connectivity index (χ3v) is 2.14. The van der Waals surface area contributed by atoms with E-state index in [0.717, 1.165) is 0 Å².